The van der Waals surface area contributed by atoms with E-state index in [0.29, 0.717) is 5.57 Å². The predicted octanol–water partition coefficient (Wildman–Crippen LogP) is 6.19. The van der Waals surface area contributed by atoms with E-state index in [-0.39, 0.29) is 11.5 Å². The van der Waals surface area contributed by atoms with Crippen LogP contribution in [0.5, 0.6) is 0 Å². The molecular formula is C25H34O2. The Kier molecular flexibility index (Phi) is 9.17. The smallest absolute Gasteiger partial charge is 0.145 e. The number of aldehydes is 1. The third-order valence-electron chi connectivity index (χ3n) is 4.72. The van der Waals surface area contributed by atoms with E-state index < -0.39 is 0 Å². The quantitative estimate of drug-likeness (QED) is 0.331. The number of hydrogen-bond acceptors (Lipinski definition) is 2. The minimum Gasteiger partial charge on any atom is -0.393 e. The third-order valence-corrected chi connectivity index (χ3v) is 4.72. The summed E-state index contributed by atoms with van der Waals surface area (Å²) in [7, 11) is 0. The number of carbonyl (C=O) groups is 1. The van der Waals surface area contributed by atoms with Crippen molar-refractivity contribution in [3.05, 3.63) is 82.5 Å². The number of aliphatic hydroxyl groups excluding tert-OH is 1. The monoisotopic (exact) mass is 366 g/mol. The largest absolute Gasteiger partial charge is 0.393 e. The second kappa shape index (κ2) is 10.8. The lowest BCUT2D eigenvalue weighted by Crippen LogP contribution is -2.28. The van der Waals surface area contributed by atoms with E-state index in [2.05, 4.69) is 52.0 Å². The minimum absolute atomic E-state index is 0.0106. The Morgan fingerprint density at radius 1 is 0.963 bits per heavy atom. The van der Waals surface area contributed by atoms with E-state index in [4.69, 9.17) is 0 Å². The number of hydrogen-bond donors (Lipinski definition) is 1. The molecule has 27 heavy (non-hydrogen) atoms. The highest BCUT2D eigenvalue weighted by atomic mass is 16.3. The van der Waals surface area contributed by atoms with Crippen molar-refractivity contribution in [1.29, 1.82) is 0 Å². The highest BCUT2D eigenvalue weighted by Crippen LogP contribution is 2.40. The molecule has 1 aliphatic rings. The Morgan fingerprint density at radius 3 is 2.11 bits per heavy atom. The van der Waals surface area contributed by atoms with Crippen LogP contribution in [-0.2, 0) is 4.79 Å². The van der Waals surface area contributed by atoms with Crippen molar-refractivity contribution < 1.29 is 9.90 Å². The van der Waals surface area contributed by atoms with E-state index >= 15 is 0 Å². The van der Waals surface area contributed by atoms with Gasteiger partial charge in [-0.3, -0.25) is 4.79 Å². The molecule has 1 atom stereocenters. The molecule has 2 nitrogen and oxygen atoms in total. The third kappa shape index (κ3) is 8.36. The fourth-order valence-electron chi connectivity index (χ4n) is 3.31. The van der Waals surface area contributed by atoms with Gasteiger partial charge in [0.15, 0.2) is 0 Å². The molecule has 0 saturated heterocycles. The van der Waals surface area contributed by atoms with E-state index in [1.165, 1.54) is 16.7 Å². The van der Waals surface area contributed by atoms with Crippen molar-refractivity contribution >= 4 is 6.29 Å². The molecule has 0 bridgehead atoms. The highest BCUT2D eigenvalue weighted by Gasteiger charge is 2.31. The van der Waals surface area contributed by atoms with Crippen LogP contribution in [0.15, 0.2) is 82.5 Å². The molecule has 0 aromatic heterocycles. The topological polar surface area (TPSA) is 37.3 Å². The highest BCUT2D eigenvalue weighted by molar-refractivity contribution is 5.72. The first-order valence-electron chi connectivity index (χ1n) is 9.54. The van der Waals surface area contributed by atoms with Gasteiger partial charge in [0.05, 0.1) is 6.10 Å². The van der Waals surface area contributed by atoms with Crippen LogP contribution < -0.4 is 0 Å². The maximum atomic E-state index is 10.5. The molecule has 0 aliphatic heterocycles. The molecule has 0 fully saturated rings. The van der Waals surface area contributed by atoms with Crippen LogP contribution in [-0.4, -0.2) is 17.5 Å². The average molecular weight is 367 g/mol. The van der Waals surface area contributed by atoms with Gasteiger partial charge in [-0.25, -0.2) is 0 Å². The first kappa shape index (κ1) is 22.9. The van der Waals surface area contributed by atoms with Crippen LogP contribution >= 0.6 is 0 Å². The molecule has 2 heteroatoms. The summed E-state index contributed by atoms with van der Waals surface area (Å²) in [5.41, 5.74) is 5.65. The van der Waals surface area contributed by atoms with Gasteiger partial charge in [-0.05, 0) is 57.1 Å². The van der Waals surface area contributed by atoms with Gasteiger partial charge in [-0.1, -0.05) is 85.3 Å². The summed E-state index contributed by atoms with van der Waals surface area (Å²) in [6.07, 6.45) is 20.3. The summed E-state index contributed by atoms with van der Waals surface area (Å²) in [5.74, 6) is 0. The summed E-state index contributed by atoms with van der Waals surface area (Å²) in [4.78, 5) is 10.5. The van der Waals surface area contributed by atoms with Gasteiger partial charge in [0, 0.05) is 0 Å². The Hall–Kier alpha value is -2.19. The zero-order valence-corrected chi connectivity index (χ0v) is 17.6. The SMILES string of the molecule is CC1=C(/C=C/C(C)=C/C=C/C(C)=C/C=C/C=C(\C)C=O)C(C)(C)C[C@@H](O)C1. The van der Waals surface area contributed by atoms with Crippen molar-refractivity contribution in [2.75, 3.05) is 0 Å². The maximum Gasteiger partial charge on any atom is 0.145 e. The summed E-state index contributed by atoms with van der Waals surface area (Å²) in [5, 5.41) is 9.99. The predicted molar refractivity (Wildman–Crippen MR) is 116 cm³/mol. The molecule has 0 spiro atoms. The summed E-state index contributed by atoms with van der Waals surface area (Å²) in [6, 6.07) is 0. The van der Waals surface area contributed by atoms with E-state index in [9.17, 15) is 9.90 Å². The zero-order chi connectivity index (χ0) is 20.4. The van der Waals surface area contributed by atoms with Gasteiger partial charge in [0.1, 0.15) is 6.29 Å². The first-order chi connectivity index (χ1) is 12.7. The van der Waals surface area contributed by atoms with E-state index in [0.717, 1.165) is 24.7 Å². The van der Waals surface area contributed by atoms with Crippen LogP contribution in [0.4, 0.5) is 0 Å². The first-order valence-corrected chi connectivity index (χ1v) is 9.54. The number of rotatable bonds is 7. The lowest BCUT2D eigenvalue weighted by molar-refractivity contribution is -0.104. The van der Waals surface area contributed by atoms with Crippen LogP contribution in [0.3, 0.4) is 0 Å². The van der Waals surface area contributed by atoms with E-state index in [1.54, 1.807) is 13.0 Å². The van der Waals surface area contributed by atoms with Crippen LogP contribution in [0, 0.1) is 5.41 Å². The average Bonchev–Trinajstić information content (AvgIpc) is 2.56. The standard InChI is InChI=1S/C25H34O2/c1-19(10-7-8-11-21(3)18-26)12-9-13-20(2)14-15-24-22(4)16-23(27)17-25(24,5)6/h7-15,18,23,27H,16-17H2,1-6H3/b8-7+,12-9+,15-14+,19-10+,20-13+,21-11+/t23-/m0/s1. The summed E-state index contributed by atoms with van der Waals surface area (Å²) in [6.45, 7) is 12.4. The van der Waals surface area contributed by atoms with Crippen LogP contribution in [0.25, 0.3) is 0 Å². The van der Waals surface area contributed by atoms with E-state index in [1.807, 2.05) is 31.2 Å². The van der Waals surface area contributed by atoms with Gasteiger partial charge in [0.2, 0.25) is 0 Å². The lowest BCUT2D eigenvalue weighted by Gasteiger charge is -2.35. The van der Waals surface area contributed by atoms with Gasteiger partial charge < -0.3 is 5.11 Å². The maximum absolute atomic E-state index is 10.5. The number of allylic oxidation sites excluding steroid dienone is 13. The second-order valence-electron chi connectivity index (χ2n) is 8.07. The Labute approximate surface area is 165 Å². The molecule has 0 amide bonds. The molecule has 1 aliphatic carbocycles. The second-order valence-corrected chi connectivity index (χ2v) is 8.07. The Balaban J connectivity index is 2.74. The van der Waals surface area contributed by atoms with Crippen molar-refractivity contribution in [1.82, 2.24) is 0 Å². The minimum atomic E-state index is -0.224. The van der Waals surface area contributed by atoms with Crippen molar-refractivity contribution in [2.45, 2.75) is 60.5 Å². The fraction of sp³-hybridized carbons (Fsp3) is 0.400. The number of aliphatic hydroxyl groups is 1. The molecule has 0 aromatic rings. The molecule has 1 N–H and O–H groups in total. The molecule has 1 rings (SSSR count). The van der Waals surface area contributed by atoms with Crippen LogP contribution in [0.1, 0.15) is 54.4 Å². The summed E-state index contributed by atoms with van der Waals surface area (Å²) < 4.78 is 0. The van der Waals surface area contributed by atoms with Gasteiger partial charge >= 0.3 is 0 Å². The molecule has 0 unspecified atom stereocenters. The van der Waals surface area contributed by atoms with Crippen LogP contribution in [0.2, 0.25) is 0 Å². The number of carbonyl (C=O) groups excluding carboxylic acids is 1. The van der Waals surface area contributed by atoms with Gasteiger partial charge in [0.25, 0.3) is 0 Å². The van der Waals surface area contributed by atoms with Crippen molar-refractivity contribution in [3.8, 4) is 0 Å². The Bertz CT molecular complexity index is 734. The van der Waals surface area contributed by atoms with Gasteiger partial charge in [-0.2, -0.15) is 0 Å². The fourth-order valence-corrected chi connectivity index (χ4v) is 3.31. The summed E-state index contributed by atoms with van der Waals surface area (Å²) >= 11 is 0. The molecular weight excluding hydrogens is 332 g/mol. The zero-order valence-electron chi connectivity index (χ0n) is 17.6. The molecule has 0 aromatic carbocycles. The molecule has 146 valence electrons. The van der Waals surface area contributed by atoms with Crippen molar-refractivity contribution in [2.24, 2.45) is 5.41 Å². The molecule has 0 radical (unpaired) electrons. The lowest BCUT2D eigenvalue weighted by atomic mass is 9.71. The normalized spacial score (nSPS) is 22.5. The molecule has 0 heterocycles. The van der Waals surface area contributed by atoms with Gasteiger partial charge in [-0.15, -0.1) is 0 Å². The Morgan fingerprint density at radius 2 is 1.52 bits per heavy atom. The van der Waals surface area contributed by atoms with Crippen molar-refractivity contribution in [3.63, 3.8) is 0 Å². The molecule has 0 saturated carbocycles.